The largest absolute Gasteiger partial charge is 0.440 e. The maximum absolute atomic E-state index is 11.5. The van der Waals surface area contributed by atoms with Gasteiger partial charge in [-0.05, 0) is 30.2 Å². The minimum absolute atomic E-state index is 0.211. The van der Waals surface area contributed by atoms with Crippen LogP contribution < -0.4 is 5.32 Å². The zero-order valence-electron chi connectivity index (χ0n) is 8.83. The van der Waals surface area contributed by atoms with Crippen LogP contribution in [0.25, 0.3) is 0 Å². The average Bonchev–Trinajstić information content (AvgIpc) is 2.65. The van der Waals surface area contributed by atoms with Crippen molar-refractivity contribution in [1.29, 1.82) is 0 Å². The summed E-state index contributed by atoms with van der Waals surface area (Å²) in [4.78, 5) is 11.7. The van der Waals surface area contributed by atoms with Crippen molar-refractivity contribution in [2.75, 3.05) is 20.3 Å². The zero-order valence-corrected chi connectivity index (χ0v) is 11.2. The van der Waals surface area contributed by atoms with Gasteiger partial charge in [-0.25, -0.2) is 0 Å². The summed E-state index contributed by atoms with van der Waals surface area (Å²) in [5.74, 6) is -0.0353. The van der Waals surface area contributed by atoms with Crippen molar-refractivity contribution in [3.8, 4) is 0 Å². The molecule has 0 saturated carbocycles. The van der Waals surface area contributed by atoms with E-state index in [1.54, 1.807) is 13.2 Å². The van der Waals surface area contributed by atoms with Gasteiger partial charge in [0.1, 0.15) is 0 Å². The molecule has 1 aromatic rings. The standard InChI is InChI=1S/C10H13BrClNO3/c1-15-6-7(11)4-5-13-10(14)8-2-3-9(12)16-8/h2-3,7H,4-6H2,1H3,(H,13,14). The maximum atomic E-state index is 11.5. The molecule has 0 aromatic carbocycles. The molecule has 4 nitrogen and oxygen atoms in total. The van der Waals surface area contributed by atoms with Crippen LogP contribution in [0.1, 0.15) is 17.0 Å². The van der Waals surface area contributed by atoms with E-state index in [1.807, 2.05) is 0 Å². The van der Waals surface area contributed by atoms with Crippen molar-refractivity contribution < 1.29 is 13.9 Å². The van der Waals surface area contributed by atoms with Gasteiger partial charge in [-0.2, -0.15) is 0 Å². The third-order valence-electron chi connectivity index (χ3n) is 1.89. The van der Waals surface area contributed by atoms with Crippen LogP contribution in [-0.4, -0.2) is 31.0 Å². The molecule has 0 spiro atoms. The molecule has 0 aliphatic rings. The number of halogens is 2. The molecule has 1 heterocycles. The number of methoxy groups -OCH3 is 1. The van der Waals surface area contributed by atoms with E-state index in [0.717, 1.165) is 6.42 Å². The molecule has 0 fully saturated rings. The van der Waals surface area contributed by atoms with E-state index in [4.69, 9.17) is 20.8 Å². The summed E-state index contributed by atoms with van der Waals surface area (Å²) in [6, 6.07) is 3.08. The van der Waals surface area contributed by atoms with Crippen LogP contribution in [0.5, 0.6) is 0 Å². The van der Waals surface area contributed by atoms with Crippen molar-refractivity contribution in [2.45, 2.75) is 11.2 Å². The predicted octanol–water partition coefficient (Wildman–Crippen LogP) is 2.46. The fraction of sp³-hybridized carbons (Fsp3) is 0.500. The Morgan fingerprint density at radius 1 is 1.69 bits per heavy atom. The van der Waals surface area contributed by atoms with Crippen LogP contribution >= 0.6 is 27.5 Å². The molecule has 1 atom stereocenters. The maximum Gasteiger partial charge on any atom is 0.287 e. The zero-order chi connectivity index (χ0) is 12.0. The molecule has 6 heteroatoms. The number of amides is 1. The molecule has 0 radical (unpaired) electrons. The first-order valence-electron chi connectivity index (χ1n) is 4.80. The van der Waals surface area contributed by atoms with Gasteiger partial charge in [0, 0.05) is 18.5 Å². The third-order valence-corrected chi connectivity index (χ3v) is 2.81. The Bertz CT molecular complexity index is 343. The van der Waals surface area contributed by atoms with Gasteiger partial charge in [0.15, 0.2) is 11.0 Å². The van der Waals surface area contributed by atoms with E-state index in [2.05, 4.69) is 21.2 Å². The van der Waals surface area contributed by atoms with E-state index < -0.39 is 0 Å². The van der Waals surface area contributed by atoms with Crippen LogP contribution in [-0.2, 0) is 4.74 Å². The number of ether oxygens (including phenoxy) is 1. The van der Waals surface area contributed by atoms with Crippen LogP contribution in [0.2, 0.25) is 5.22 Å². The van der Waals surface area contributed by atoms with Gasteiger partial charge in [0.2, 0.25) is 0 Å². The Morgan fingerprint density at radius 3 is 3.00 bits per heavy atom. The lowest BCUT2D eigenvalue weighted by atomic mass is 10.3. The van der Waals surface area contributed by atoms with Crippen molar-refractivity contribution in [3.63, 3.8) is 0 Å². The highest BCUT2D eigenvalue weighted by Gasteiger charge is 2.10. The lowest BCUT2D eigenvalue weighted by Crippen LogP contribution is -2.26. The summed E-state index contributed by atoms with van der Waals surface area (Å²) < 4.78 is 9.92. The molecular weight excluding hydrogens is 297 g/mol. The molecule has 1 rings (SSSR count). The SMILES string of the molecule is COCC(Br)CCNC(=O)c1ccc(Cl)o1. The second-order valence-corrected chi connectivity index (χ2v) is 4.87. The van der Waals surface area contributed by atoms with E-state index in [9.17, 15) is 4.79 Å². The number of carbonyl (C=O) groups is 1. The van der Waals surface area contributed by atoms with Gasteiger partial charge in [-0.1, -0.05) is 15.9 Å². The van der Waals surface area contributed by atoms with Crippen LogP contribution in [0.4, 0.5) is 0 Å². The number of alkyl halides is 1. The summed E-state index contributed by atoms with van der Waals surface area (Å²) in [6.45, 7) is 1.17. The smallest absolute Gasteiger partial charge is 0.287 e. The first-order chi connectivity index (χ1) is 7.63. The third kappa shape index (κ3) is 4.55. The molecule has 1 N–H and O–H groups in total. The van der Waals surface area contributed by atoms with Gasteiger partial charge in [-0.15, -0.1) is 0 Å². The number of hydrogen-bond donors (Lipinski definition) is 1. The highest BCUT2D eigenvalue weighted by atomic mass is 79.9. The quantitative estimate of drug-likeness (QED) is 0.821. The molecule has 0 aliphatic heterocycles. The molecule has 1 aromatic heterocycles. The number of nitrogens with one attached hydrogen (secondary N) is 1. The van der Waals surface area contributed by atoms with Gasteiger partial charge in [-0.3, -0.25) is 4.79 Å². The Balaban J connectivity index is 2.25. The molecular formula is C10H13BrClNO3. The molecule has 90 valence electrons. The van der Waals surface area contributed by atoms with E-state index in [0.29, 0.717) is 13.2 Å². The normalized spacial score (nSPS) is 12.4. The molecule has 1 amide bonds. The Labute approximate surface area is 107 Å². The Morgan fingerprint density at radius 2 is 2.44 bits per heavy atom. The topological polar surface area (TPSA) is 51.5 Å². The lowest BCUT2D eigenvalue weighted by molar-refractivity contribution is 0.0924. The Kier molecular flexibility index (Phi) is 5.87. The number of furan rings is 1. The average molecular weight is 311 g/mol. The fourth-order valence-electron chi connectivity index (χ4n) is 1.13. The molecule has 1 unspecified atom stereocenters. The van der Waals surface area contributed by atoms with Crippen molar-refractivity contribution in [1.82, 2.24) is 5.32 Å². The van der Waals surface area contributed by atoms with E-state index in [1.165, 1.54) is 6.07 Å². The molecule has 16 heavy (non-hydrogen) atoms. The fourth-order valence-corrected chi connectivity index (χ4v) is 1.77. The lowest BCUT2D eigenvalue weighted by Gasteiger charge is -2.08. The predicted molar refractivity (Wildman–Crippen MR) is 65.3 cm³/mol. The van der Waals surface area contributed by atoms with Gasteiger partial charge >= 0.3 is 0 Å². The summed E-state index contributed by atoms with van der Waals surface area (Å²) in [6.07, 6.45) is 0.786. The van der Waals surface area contributed by atoms with Gasteiger partial charge < -0.3 is 14.5 Å². The van der Waals surface area contributed by atoms with E-state index >= 15 is 0 Å². The molecule has 0 saturated heterocycles. The summed E-state index contributed by atoms with van der Waals surface area (Å²) in [7, 11) is 1.64. The second kappa shape index (κ2) is 6.93. The van der Waals surface area contributed by atoms with Crippen LogP contribution in [0.3, 0.4) is 0 Å². The first-order valence-corrected chi connectivity index (χ1v) is 6.09. The highest BCUT2D eigenvalue weighted by molar-refractivity contribution is 9.09. The summed E-state index contributed by atoms with van der Waals surface area (Å²) in [5.41, 5.74) is 0. The monoisotopic (exact) mass is 309 g/mol. The summed E-state index contributed by atoms with van der Waals surface area (Å²) in [5, 5.41) is 2.94. The molecule has 0 bridgehead atoms. The number of rotatable bonds is 6. The highest BCUT2D eigenvalue weighted by Crippen LogP contribution is 2.12. The van der Waals surface area contributed by atoms with Gasteiger partial charge in [0.25, 0.3) is 5.91 Å². The molecule has 0 aliphatic carbocycles. The van der Waals surface area contributed by atoms with Crippen LogP contribution in [0.15, 0.2) is 16.5 Å². The number of hydrogen-bond acceptors (Lipinski definition) is 3. The van der Waals surface area contributed by atoms with E-state index in [-0.39, 0.29) is 21.7 Å². The van der Waals surface area contributed by atoms with Crippen molar-refractivity contribution in [3.05, 3.63) is 23.1 Å². The van der Waals surface area contributed by atoms with Crippen molar-refractivity contribution >= 4 is 33.4 Å². The minimum Gasteiger partial charge on any atom is -0.440 e. The summed E-state index contributed by atoms with van der Waals surface area (Å²) >= 11 is 8.99. The second-order valence-electron chi connectivity index (χ2n) is 3.20. The first kappa shape index (κ1) is 13.5. The van der Waals surface area contributed by atoms with Gasteiger partial charge in [0.05, 0.1) is 6.61 Å². The Hall–Kier alpha value is -0.520. The van der Waals surface area contributed by atoms with Crippen molar-refractivity contribution in [2.24, 2.45) is 0 Å². The minimum atomic E-state index is -0.260. The number of carbonyl (C=O) groups excluding carboxylic acids is 1. The van der Waals surface area contributed by atoms with Crippen LogP contribution in [0, 0.1) is 0 Å².